The van der Waals surface area contributed by atoms with Crippen LogP contribution < -0.4 is 21.1 Å². The van der Waals surface area contributed by atoms with E-state index in [0.29, 0.717) is 29.7 Å². The molecule has 0 radical (unpaired) electrons. The second-order valence-corrected chi connectivity index (χ2v) is 8.27. The number of amides is 2. The van der Waals surface area contributed by atoms with Gasteiger partial charge in [0.15, 0.2) is 0 Å². The van der Waals surface area contributed by atoms with E-state index in [1.165, 1.54) is 11.1 Å². The van der Waals surface area contributed by atoms with Crippen molar-refractivity contribution in [2.45, 2.75) is 25.3 Å². The molecule has 9 heteroatoms. The number of anilines is 3. The third kappa shape index (κ3) is 3.73. The smallest absolute Gasteiger partial charge is 0.258 e. The molecule has 2 aliphatic heterocycles. The van der Waals surface area contributed by atoms with E-state index in [-0.39, 0.29) is 23.7 Å². The lowest BCUT2D eigenvalue weighted by atomic mass is 9.92. The van der Waals surface area contributed by atoms with Crippen LogP contribution in [-0.4, -0.2) is 28.3 Å². The summed E-state index contributed by atoms with van der Waals surface area (Å²) in [5.74, 6) is -1.33. The van der Waals surface area contributed by atoms with E-state index in [0.717, 1.165) is 6.42 Å². The summed E-state index contributed by atoms with van der Waals surface area (Å²) < 4.78 is 0. The van der Waals surface area contributed by atoms with Gasteiger partial charge in [-0.1, -0.05) is 48.0 Å². The Morgan fingerprint density at radius 1 is 1.09 bits per heavy atom. The van der Waals surface area contributed by atoms with Gasteiger partial charge in [0, 0.05) is 19.5 Å². The topological polar surface area (TPSA) is 107 Å². The number of nitrogens with zero attached hydrogens (tertiary/aromatic N) is 2. The fourth-order valence-corrected chi connectivity index (χ4v) is 4.38. The molecule has 0 spiro atoms. The summed E-state index contributed by atoms with van der Waals surface area (Å²) in [5, 5.41) is 5.74. The molecular weight excluding hydrogens is 430 g/mol. The lowest BCUT2D eigenvalue weighted by Crippen LogP contribution is -2.38. The largest absolute Gasteiger partial charge is 0.338 e. The number of hydrogen-bond acceptors (Lipinski definition) is 5. The molecule has 1 atom stereocenters. The fourth-order valence-electron chi connectivity index (χ4n) is 4.19. The number of aromatic nitrogens is 2. The molecule has 5 rings (SSSR count). The zero-order valence-electron chi connectivity index (χ0n) is 17.0. The van der Waals surface area contributed by atoms with E-state index >= 15 is 0 Å². The van der Waals surface area contributed by atoms with Crippen molar-refractivity contribution in [3.63, 3.8) is 0 Å². The van der Waals surface area contributed by atoms with Gasteiger partial charge in [-0.15, -0.1) is 0 Å². The summed E-state index contributed by atoms with van der Waals surface area (Å²) in [6, 6.07) is 14.9. The van der Waals surface area contributed by atoms with Gasteiger partial charge in [0.25, 0.3) is 5.56 Å². The van der Waals surface area contributed by atoms with Gasteiger partial charge in [-0.2, -0.15) is 4.98 Å². The summed E-state index contributed by atoms with van der Waals surface area (Å²) in [5.41, 5.74) is 2.56. The minimum Gasteiger partial charge on any atom is -0.338 e. The van der Waals surface area contributed by atoms with Gasteiger partial charge in [-0.3, -0.25) is 19.4 Å². The Bertz CT molecular complexity index is 1290. The molecule has 0 unspecified atom stereocenters. The number of carbonyl (C=O) groups excluding carboxylic acids is 2. The number of halogens is 1. The number of aromatic amines is 1. The van der Waals surface area contributed by atoms with Crippen LogP contribution in [0.5, 0.6) is 0 Å². The first-order valence-corrected chi connectivity index (χ1v) is 10.7. The highest BCUT2D eigenvalue weighted by atomic mass is 35.5. The first-order valence-electron chi connectivity index (χ1n) is 10.3. The normalized spacial score (nSPS) is 17.2. The minimum atomic E-state index is -0.970. The van der Waals surface area contributed by atoms with E-state index < -0.39 is 17.4 Å². The van der Waals surface area contributed by atoms with Crippen LogP contribution in [0.4, 0.5) is 17.5 Å². The van der Waals surface area contributed by atoms with Crippen LogP contribution in [0.25, 0.3) is 0 Å². The number of rotatable bonds is 3. The van der Waals surface area contributed by atoms with Crippen molar-refractivity contribution in [2.75, 3.05) is 22.1 Å². The van der Waals surface area contributed by atoms with Gasteiger partial charge in [-0.05, 0) is 29.7 Å². The van der Waals surface area contributed by atoms with Gasteiger partial charge >= 0.3 is 0 Å². The van der Waals surface area contributed by atoms with Crippen LogP contribution >= 0.6 is 11.6 Å². The quantitative estimate of drug-likeness (QED) is 0.569. The Morgan fingerprint density at radius 2 is 1.84 bits per heavy atom. The van der Waals surface area contributed by atoms with Crippen LogP contribution in [-0.2, 0) is 22.6 Å². The van der Waals surface area contributed by atoms with Crippen molar-refractivity contribution in [1.29, 1.82) is 0 Å². The summed E-state index contributed by atoms with van der Waals surface area (Å²) >= 11 is 6.13. The number of H-pyrrole nitrogens is 1. The highest BCUT2D eigenvalue weighted by Crippen LogP contribution is 2.32. The number of carbonyl (C=O) groups is 2. The van der Waals surface area contributed by atoms with E-state index in [2.05, 4.69) is 32.7 Å². The monoisotopic (exact) mass is 449 g/mol. The lowest BCUT2D eigenvalue weighted by Gasteiger charge is -2.30. The van der Waals surface area contributed by atoms with Gasteiger partial charge < -0.3 is 15.5 Å². The average Bonchev–Trinajstić information content (AvgIpc) is 2.79. The molecular formula is C23H20ClN5O3. The molecule has 3 heterocycles. The van der Waals surface area contributed by atoms with E-state index in [4.69, 9.17) is 11.6 Å². The maximum absolute atomic E-state index is 13.0. The highest BCUT2D eigenvalue weighted by molar-refractivity contribution is 6.33. The highest BCUT2D eigenvalue weighted by Gasteiger charge is 2.35. The molecule has 8 nitrogen and oxygen atoms in total. The maximum atomic E-state index is 13.0. The molecule has 0 aliphatic carbocycles. The molecule has 2 aromatic carbocycles. The molecule has 32 heavy (non-hydrogen) atoms. The number of nitrogens with one attached hydrogen (secondary N) is 3. The van der Waals surface area contributed by atoms with Crippen molar-refractivity contribution < 1.29 is 9.59 Å². The maximum Gasteiger partial charge on any atom is 0.258 e. The van der Waals surface area contributed by atoms with E-state index in [1.807, 2.05) is 17.0 Å². The molecule has 0 fully saturated rings. The van der Waals surface area contributed by atoms with E-state index in [9.17, 15) is 14.4 Å². The van der Waals surface area contributed by atoms with Gasteiger partial charge in [0.1, 0.15) is 5.82 Å². The molecule has 162 valence electrons. The summed E-state index contributed by atoms with van der Waals surface area (Å²) in [6.45, 7) is 1.28. The standard InChI is InChI=1S/C23H20ClN5O3/c24-16-7-3-4-8-17(16)25-21(31)15-11-18(30)26-20-19(15)22(32)28-23(27-20)29-10-9-13-5-1-2-6-14(13)12-29/h1-8,15H,9-12H2,(H,25,31)(H2,26,27,28,30,32)/t15-/m0/s1. The second-order valence-electron chi connectivity index (χ2n) is 7.87. The zero-order valence-corrected chi connectivity index (χ0v) is 17.8. The third-order valence-electron chi connectivity index (χ3n) is 5.82. The molecule has 2 amide bonds. The first kappa shape index (κ1) is 20.3. The molecule has 3 N–H and O–H groups in total. The number of fused-ring (bicyclic) bond motifs is 2. The number of hydrogen-bond donors (Lipinski definition) is 3. The fraction of sp³-hybridized carbons (Fsp3) is 0.217. The lowest BCUT2D eigenvalue weighted by molar-refractivity contribution is -0.123. The Labute approximate surface area is 188 Å². The van der Waals surface area contributed by atoms with Crippen LogP contribution in [0, 0.1) is 0 Å². The summed E-state index contributed by atoms with van der Waals surface area (Å²) in [7, 11) is 0. The summed E-state index contributed by atoms with van der Waals surface area (Å²) in [4.78, 5) is 47.6. The molecule has 0 bridgehead atoms. The van der Waals surface area contributed by atoms with E-state index in [1.54, 1.807) is 24.3 Å². The van der Waals surface area contributed by atoms with Crippen molar-refractivity contribution in [1.82, 2.24) is 9.97 Å². The van der Waals surface area contributed by atoms with Crippen molar-refractivity contribution >= 4 is 40.9 Å². The summed E-state index contributed by atoms with van der Waals surface area (Å²) in [6.07, 6.45) is 0.677. The number of benzene rings is 2. The third-order valence-corrected chi connectivity index (χ3v) is 6.15. The first-order chi connectivity index (χ1) is 15.5. The molecule has 0 saturated heterocycles. The minimum absolute atomic E-state index is 0.123. The second kappa shape index (κ2) is 8.12. The van der Waals surface area contributed by atoms with Crippen LogP contribution in [0.15, 0.2) is 53.3 Å². The van der Waals surface area contributed by atoms with Gasteiger partial charge in [0.2, 0.25) is 17.8 Å². The Kier molecular flexibility index (Phi) is 5.14. The zero-order chi connectivity index (χ0) is 22.2. The molecule has 1 aromatic heterocycles. The van der Waals surface area contributed by atoms with Crippen molar-refractivity contribution in [3.8, 4) is 0 Å². The van der Waals surface area contributed by atoms with Crippen molar-refractivity contribution in [2.24, 2.45) is 0 Å². The Hall–Kier alpha value is -3.65. The SMILES string of the molecule is O=C1C[C@H](C(=O)Nc2ccccc2Cl)c2c(nc(N3CCc4ccccc4C3)[nH]c2=O)N1. The van der Waals surface area contributed by atoms with Gasteiger partial charge in [-0.25, -0.2) is 0 Å². The van der Waals surface area contributed by atoms with Crippen LogP contribution in [0.2, 0.25) is 5.02 Å². The average molecular weight is 450 g/mol. The predicted octanol–water partition coefficient (Wildman–Crippen LogP) is 3.05. The van der Waals surface area contributed by atoms with Crippen LogP contribution in [0.3, 0.4) is 0 Å². The molecule has 3 aromatic rings. The molecule has 0 saturated carbocycles. The molecule has 2 aliphatic rings. The van der Waals surface area contributed by atoms with Crippen LogP contribution in [0.1, 0.15) is 29.0 Å². The predicted molar refractivity (Wildman–Crippen MR) is 122 cm³/mol. The Morgan fingerprint density at radius 3 is 2.66 bits per heavy atom. The number of para-hydroxylation sites is 1. The van der Waals surface area contributed by atoms with Gasteiger partial charge in [0.05, 0.1) is 22.2 Å². The van der Waals surface area contributed by atoms with Crippen molar-refractivity contribution in [3.05, 3.63) is 80.6 Å². The Balaban J connectivity index is 1.46.